The molecule has 17 heavy (non-hydrogen) atoms. The molecule has 3 atom stereocenters. The van der Waals surface area contributed by atoms with E-state index in [1.165, 1.54) is 12.8 Å². The Labute approximate surface area is 109 Å². The van der Waals surface area contributed by atoms with E-state index in [4.69, 9.17) is 0 Å². The van der Waals surface area contributed by atoms with E-state index in [-0.39, 0.29) is 0 Å². The van der Waals surface area contributed by atoms with Gasteiger partial charge < -0.3 is 5.32 Å². The van der Waals surface area contributed by atoms with Crippen LogP contribution in [0.4, 0.5) is 0 Å². The summed E-state index contributed by atoms with van der Waals surface area (Å²) in [6.45, 7) is 10.0. The van der Waals surface area contributed by atoms with Crippen LogP contribution in [-0.4, -0.2) is 27.8 Å². The van der Waals surface area contributed by atoms with Gasteiger partial charge in [0, 0.05) is 22.6 Å². The monoisotopic (exact) mass is 259 g/mol. The molecule has 1 fully saturated rings. The second kappa shape index (κ2) is 6.89. The molecule has 0 aromatic carbocycles. The molecule has 3 unspecified atom stereocenters. The minimum atomic E-state index is -0.649. The Morgan fingerprint density at radius 3 is 2.59 bits per heavy atom. The second-order valence-corrected chi connectivity index (χ2v) is 7.71. The molecule has 0 aromatic heterocycles. The Morgan fingerprint density at radius 1 is 1.29 bits per heavy atom. The van der Waals surface area contributed by atoms with Crippen molar-refractivity contribution >= 4 is 10.8 Å². The summed E-state index contributed by atoms with van der Waals surface area (Å²) in [6, 6.07) is 0.434. The number of hydrogen-bond donors (Lipinski definition) is 1. The number of hydrogen-bond acceptors (Lipinski definition) is 2. The topological polar surface area (TPSA) is 29.1 Å². The molecule has 0 radical (unpaired) electrons. The largest absolute Gasteiger partial charge is 0.312 e. The van der Waals surface area contributed by atoms with Gasteiger partial charge in [-0.15, -0.1) is 0 Å². The summed E-state index contributed by atoms with van der Waals surface area (Å²) in [5.41, 5.74) is 0.293. The van der Waals surface area contributed by atoms with Crippen molar-refractivity contribution in [1.82, 2.24) is 5.32 Å². The zero-order chi connectivity index (χ0) is 12.9. The van der Waals surface area contributed by atoms with Crippen LogP contribution in [0.25, 0.3) is 0 Å². The van der Waals surface area contributed by atoms with Crippen molar-refractivity contribution in [2.24, 2.45) is 5.41 Å². The highest BCUT2D eigenvalue weighted by molar-refractivity contribution is 7.85. The van der Waals surface area contributed by atoms with Crippen LogP contribution in [-0.2, 0) is 10.8 Å². The Bertz CT molecular complexity index is 253. The molecule has 1 aliphatic rings. The normalized spacial score (nSPS) is 30.1. The first-order chi connectivity index (χ1) is 8.03. The fourth-order valence-corrected chi connectivity index (χ4v) is 4.83. The fourth-order valence-electron chi connectivity index (χ4n) is 2.93. The van der Waals surface area contributed by atoms with Crippen LogP contribution in [0.1, 0.15) is 59.8 Å². The first kappa shape index (κ1) is 15.2. The molecule has 3 heteroatoms. The maximum Gasteiger partial charge on any atom is 0.0506 e. The predicted molar refractivity (Wildman–Crippen MR) is 76.8 cm³/mol. The second-order valence-electron chi connectivity index (χ2n) is 5.94. The molecule has 1 rings (SSSR count). The first-order valence-corrected chi connectivity index (χ1v) is 8.51. The lowest BCUT2D eigenvalue weighted by molar-refractivity contribution is 0.173. The molecule has 102 valence electrons. The third-order valence-electron chi connectivity index (χ3n) is 3.88. The van der Waals surface area contributed by atoms with Crippen LogP contribution >= 0.6 is 0 Å². The molecule has 0 aromatic rings. The molecule has 0 heterocycles. The van der Waals surface area contributed by atoms with Crippen LogP contribution in [0.3, 0.4) is 0 Å². The third kappa shape index (κ3) is 4.06. The molecule has 0 saturated heterocycles. The molecule has 2 nitrogen and oxygen atoms in total. The standard InChI is InChI=1S/C14H29NOS/c1-5-10-15-13-12(17(16)11-6-2)8-7-9-14(13,3)4/h12-13,15H,5-11H2,1-4H3. The van der Waals surface area contributed by atoms with E-state index in [1.807, 2.05) is 0 Å². The molecule has 1 saturated carbocycles. The van der Waals surface area contributed by atoms with Crippen LogP contribution in [0.5, 0.6) is 0 Å². The van der Waals surface area contributed by atoms with Crippen LogP contribution in [0, 0.1) is 5.41 Å². The number of rotatable bonds is 6. The van der Waals surface area contributed by atoms with E-state index in [2.05, 4.69) is 33.0 Å². The summed E-state index contributed by atoms with van der Waals surface area (Å²) in [6.07, 6.45) is 5.81. The van der Waals surface area contributed by atoms with Crippen LogP contribution in [0.2, 0.25) is 0 Å². The first-order valence-electron chi connectivity index (χ1n) is 7.13. The minimum absolute atomic E-state index is 0.293. The highest BCUT2D eigenvalue weighted by atomic mass is 32.2. The molecule has 0 aliphatic heterocycles. The maximum atomic E-state index is 12.3. The van der Waals surface area contributed by atoms with E-state index >= 15 is 0 Å². The molecular weight excluding hydrogens is 230 g/mol. The number of nitrogens with one attached hydrogen (secondary N) is 1. The SMILES string of the molecule is CCCNC1C(S(=O)CCC)CCCC1(C)C. The van der Waals surface area contributed by atoms with Gasteiger partial charge in [-0.2, -0.15) is 0 Å². The van der Waals surface area contributed by atoms with Gasteiger partial charge in [0.05, 0.1) is 5.25 Å². The van der Waals surface area contributed by atoms with E-state index < -0.39 is 10.8 Å². The predicted octanol–water partition coefficient (Wildman–Crippen LogP) is 3.09. The van der Waals surface area contributed by atoms with Crippen molar-refractivity contribution < 1.29 is 4.21 Å². The van der Waals surface area contributed by atoms with Crippen molar-refractivity contribution in [3.8, 4) is 0 Å². The van der Waals surface area contributed by atoms with Gasteiger partial charge in [0.15, 0.2) is 0 Å². The van der Waals surface area contributed by atoms with Crippen molar-refractivity contribution in [3.05, 3.63) is 0 Å². The van der Waals surface area contributed by atoms with Gasteiger partial charge >= 0.3 is 0 Å². The lowest BCUT2D eigenvalue weighted by Crippen LogP contribution is -2.54. The molecule has 0 spiro atoms. The van der Waals surface area contributed by atoms with Gasteiger partial charge in [-0.1, -0.05) is 34.1 Å². The van der Waals surface area contributed by atoms with E-state index in [1.54, 1.807) is 0 Å². The minimum Gasteiger partial charge on any atom is -0.312 e. The highest BCUT2D eigenvalue weighted by Crippen LogP contribution is 2.37. The molecule has 0 bridgehead atoms. The van der Waals surface area contributed by atoms with Gasteiger partial charge in [-0.25, -0.2) is 0 Å². The third-order valence-corrected chi connectivity index (χ3v) is 5.87. The van der Waals surface area contributed by atoms with Gasteiger partial charge in [0.1, 0.15) is 0 Å². The molecule has 1 N–H and O–H groups in total. The zero-order valence-corrected chi connectivity index (χ0v) is 12.7. The Morgan fingerprint density at radius 2 is 2.00 bits per heavy atom. The zero-order valence-electron chi connectivity index (χ0n) is 11.9. The van der Waals surface area contributed by atoms with Crippen molar-refractivity contribution in [2.45, 2.75) is 71.1 Å². The average Bonchev–Trinajstić information content (AvgIpc) is 2.26. The van der Waals surface area contributed by atoms with Gasteiger partial charge in [0.25, 0.3) is 0 Å². The summed E-state index contributed by atoms with van der Waals surface area (Å²) >= 11 is 0. The summed E-state index contributed by atoms with van der Waals surface area (Å²) in [5, 5.41) is 4.02. The smallest absolute Gasteiger partial charge is 0.0506 e. The fraction of sp³-hybridized carbons (Fsp3) is 1.00. The summed E-state index contributed by atoms with van der Waals surface area (Å²) < 4.78 is 12.3. The Kier molecular flexibility index (Phi) is 6.14. The van der Waals surface area contributed by atoms with E-state index in [9.17, 15) is 4.21 Å². The molecule has 0 amide bonds. The van der Waals surface area contributed by atoms with Crippen LogP contribution < -0.4 is 5.32 Å². The summed E-state index contributed by atoms with van der Waals surface area (Å²) in [4.78, 5) is 0. The molecular formula is C14H29NOS. The van der Waals surface area contributed by atoms with Crippen molar-refractivity contribution in [2.75, 3.05) is 12.3 Å². The van der Waals surface area contributed by atoms with Crippen molar-refractivity contribution in [1.29, 1.82) is 0 Å². The maximum absolute atomic E-state index is 12.3. The van der Waals surface area contributed by atoms with E-state index in [0.29, 0.717) is 16.7 Å². The Hall–Kier alpha value is 0.110. The molecule has 1 aliphatic carbocycles. The Balaban J connectivity index is 2.73. The van der Waals surface area contributed by atoms with Gasteiger partial charge in [0.2, 0.25) is 0 Å². The quantitative estimate of drug-likeness (QED) is 0.794. The average molecular weight is 259 g/mol. The highest BCUT2D eigenvalue weighted by Gasteiger charge is 2.40. The van der Waals surface area contributed by atoms with E-state index in [0.717, 1.165) is 31.6 Å². The van der Waals surface area contributed by atoms with Gasteiger partial charge in [-0.05, 0) is 37.6 Å². The lowest BCUT2D eigenvalue weighted by Gasteiger charge is -2.44. The summed E-state index contributed by atoms with van der Waals surface area (Å²) in [5.74, 6) is 0.866. The van der Waals surface area contributed by atoms with Crippen LogP contribution in [0.15, 0.2) is 0 Å². The van der Waals surface area contributed by atoms with Gasteiger partial charge in [-0.3, -0.25) is 4.21 Å². The lowest BCUT2D eigenvalue weighted by atomic mass is 9.73. The summed E-state index contributed by atoms with van der Waals surface area (Å²) in [7, 11) is -0.649. The van der Waals surface area contributed by atoms with Crippen molar-refractivity contribution in [3.63, 3.8) is 0 Å².